The van der Waals surface area contributed by atoms with Crippen molar-refractivity contribution >= 4 is 11.6 Å². The van der Waals surface area contributed by atoms with E-state index < -0.39 is 5.82 Å². The number of carbonyl (C=O) groups excluding carboxylic acids is 1. The molecule has 0 radical (unpaired) electrons. The summed E-state index contributed by atoms with van der Waals surface area (Å²) in [6.07, 6.45) is 4.11. The Morgan fingerprint density at radius 3 is 2.86 bits per heavy atom. The molecule has 1 saturated heterocycles. The zero-order valence-corrected chi connectivity index (χ0v) is 12.3. The van der Waals surface area contributed by atoms with Gasteiger partial charge in [-0.2, -0.15) is 0 Å². The number of rotatable bonds is 5. The van der Waals surface area contributed by atoms with Gasteiger partial charge in [-0.3, -0.25) is 4.79 Å². The van der Waals surface area contributed by atoms with Gasteiger partial charge in [0.2, 0.25) is 5.91 Å². The van der Waals surface area contributed by atoms with Crippen LogP contribution in [0.1, 0.15) is 32.6 Å². The Labute approximate surface area is 124 Å². The van der Waals surface area contributed by atoms with E-state index in [1.165, 1.54) is 6.07 Å². The third kappa shape index (κ3) is 3.18. The van der Waals surface area contributed by atoms with Crippen molar-refractivity contribution in [3.05, 3.63) is 24.0 Å². The number of amides is 1. The molecule has 1 saturated carbocycles. The Hall–Kier alpha value is -1.62. The summed E-state index contributed by atoms with van der Waals surface area (Å²) in [5.74, 6) is -0.130. The van der Waals surface area contributed by atoms with E-state index in [4.69, 9.17) is 4.74 Å². The molecule has 5 heteroatoms. The molecule has 1 heterocycles. The zero-order valence-electron chi connectivity index (χ0n) is 12.3. The van der Waals surface area contributed by atoms with Crippen molar-refractivity contribution in [2.75, 3.05) is 18.1 Å². The average molecular weight is 292 g/mol. The first-order valence-corrected chi connectivity index (χ1v) is 7.69. The van der Waals surface area contributed by atoms with Gasteiger partial charge in [0.05, 0.1) is 12.6 Å². The molecule has 0 aromatic heterocycles. The fourth-order valence-corrected chi connectivity index (χ4v) is 2.75. The van der Waals surface area contributed by atoms with Crippen molar-refractivity contribution in [2.45, 2.75) is 44.7 Å². The van der Waals surface area contributed by atoms with Crippen LogP contribution < -0.4 is 15.0 Å². The van der Waals surface area contributed by atoms with Gasteiger partial charge in [-0.15, -0.1) is 0 Å². The first kappa shape index (κ1) is 14.3. The Bertz CT molecular complexity index is 531. The minimum absolute atomic E-state index is 0.0525. The summed E-state index contributed by atoms with van der Waals surface area (Å²) in [7, 11) is 0. The summed E-state index contributed by atoms with van der Waals surface area (Å²) < 4.78 is 19.2. The molecule has 0 spiro atoms. The number of piperidine rings is 1. The van der Waals surface area contributed by atoms with Crippen LogP contribution >= 0.6 is 0 Å². The van der Waals surface area contributed by atoms with Gasteiger partial charge in [-0.05, 0) is 44.7 Å². The van der Waals surface area contributed by atoms with Crippen molar-refractivity contribution in [3.63, 3.8) is 0 Å². The Morgan fingerprint density at radius 2 is 2.19 bits per heavy atom. The quantitative estimate of drug-likeness (QED) is 0.906. The molecular weight excluding hydrogens is 271 g/mol. The van der Waals surface area contributed by atoms with E-state index >= 15 is 0 Å². The van der Waals surface area contributed by atoms with Crippen molar-refractivity contribution in [1.29, 1.82) is 0 Å². The number of benzene rings is 1. The lowest BCUT2D eigenvalue weighted by atomic mass is 10.0. The van der Waals surface area contributed by atoms with Crippen LogP contribution in [0.4, 0.5) is 10.1 Å². The second-order valence-corrected chi connectivity index (χ2v) is 5.67. The number of nitrogens with zero attached hydrogens (tertiary/aromatic N) is 1. The van der Waals surface area contributed by atoms with Crippen LogP contribution in [-0.4, -0.2) is 31.1 Å². The number of anilines is 1. The zero-order chi connectivity index (χ0) is 14.8. The fourth-order valence-electron chi connectivity index (χ4n) is 2.75. The maximum Gasteiger partial charge on any atom is 0.244 e. The highest BCUT2D eigenvalue weighted by Gasteiger charge is 2.34. The van der Waals surface area contributed by atoms with Gasteiger partial charge >= 0.3 is 0 Å². The molecule has 2 fully saturated rings. The molecule has 1 atom stereocenters. The normalized spacial score (nSPS) is 22.5. The lowest BCUT2D eigenvalue weighted by molar-refractivity contribution is -0.121. The van der Waals surface area contributed by atoms with Crippen LogP contribution in [0.15, 0.2) is 18.2 Å². The van der Waals surface area contributed by atoms with E-state index in [0.29, 0.717) is 24.9 Å². The molecule has 1 aliphatic heterocycles. The van der Waals surface area contributed by atoms with Gasteiger partial charge in [0.25, 0.3) is 0 Å². The maximum atomic E-state index is 14.0. The molecule has 1 N–H and O–H groups in total. The molecular formula is C16H21FN2O2. The summed E-state index contributed by atoms with van der Waals surface area (Å²) >= 11 is 0. The molecule has 1 aromatic rings. The molecule has 0 bridgehead atoms. The van der Waals surface area contributed by atoms with Gasteiger partial charge in [0, 0.05) is 24.3 Å². The van der Waals surface area contributed by atoms with E-state index in [0.717, 1.165) is 25.7 Å². The minimum Gasteiger partial charge on any atom is -0.491 e. The number of carbonyl (C=O) groups is 1. The lowest BCUT2D eigenvalue weighted by Gasteiger charge is -2.33. The third-order valence-corrected chi connectivity index (χ3v) is 3.98. The molecule has 1 unspecified atom stereocenters. The average Bonchev–Trinajstić information content (AvgIpc) is 3.28. The Balaban J connectivity index is 1.75. The molecule has 114 valence electrons. The standard InChI is InChI=1S/C16H21FN2O2/c1-2-21-15-8-7-12(10-13(15)17)19-9-3-4-14(16(19)20)18-11-5-6-11/h7-8,10-11,14,18H,2-6,9H2,1H3. The highest BCUT2D eigenvalue weighted by molar-refractivity contribution is 5.98. The fraction of sp³-hybridized carbons (Fsp3) is 0.562. The Morgan fingerprint density at radius 1 is 1.38 bits per heavy atom. The van der Waals surface area contributed by atoms with Crippen molar-refractivity contribution in [1.82, 2.24) is 5.32 Å². The summed E-state index contributed by atoms with van der Waals surface area (Å²) in [4.78, 5) is 14.2. The first-order valence-electron chi connectivity index (χ1n) is 7.69. The second-order valence-electron chi connectivity index (χ2n) is 5.67. The van der Waals surface area contributed by atoms with Gasteiger partial charge < -0.3 is 15.0 Å². The monoisotopic (exact) mass is 292 g/mol. The smallest absolute Gasteiger partial charge is 0.244 e. The molecule has 1 aromatic carbocycles. The SMILES string of the molecule is CCOc1ccc(N2CCCC(NC3CC3)C2=O)cc1F. The maximum absolute atomic E-state index is 14.0. The van der Waals surface area contributed by atoms with Gasteiger partial charge in [-0.1, -0.05) is 0 Å². The van der Waals surface area contributed by atoms with E-state index in [2.05, 4.69) is 5.32 Å². The molecule has 21 heavy (non-hydrogen) atoms. The number of nitrogens with one attached hydrogen (secondary N) is 1. The van der Waals surface area contributed by atoms with Crippen molar-refractivity contribution < 1.29 is 13.9 Å². The molecule has 3 rings (SSSR count). The highest BCUT2D eigenvalue weighted by atomic mass is 19.1. The minimum atomic E-state index is -0.417. The Kier molecular flexibility index (Phi) is 4.10. The van der Waals surface area contributed by atoms with Crippen molar-refractivity contribution in [3.8, 4) is 5.75 Å². The topological polar surface area (TPSA) is 41.6 Å². The van der Waals surface area contributed by atoms with Crippen LogP contribution in [0, 0.1) is 5.82 Å². The molecule has 4 nitrogen and oxygen atoms in total. The molecule has 2 aliphatic rings. The van der Waals surface area contributed by atoms with E-state index in [1.54, 1.807) is 17.0 Å². The largest absolute Gasteiger partial charge is 0.491 e. The van der Waals surface area contributed by atoms with Crippen LogP contribution in [0.2, 0.25) is 0 Å². The summed E-state index contributed by atoms with van der Waals surface area (Å²) in [5, 5.41) is 3.38. The third-order valence-electron chi connectivity index (χ3n) is 3.98. The van der Waals surface area contributed by atoms with Gasteiger partial charge in [0.1, 0.15) is 0 Å². The van der Waals surface area contributed by atoms with Crippen LogP contribution in [-0.2, 0) is 4.79 Å². The predicted molar refractivity (Wildman–Crippen MR) is 79.1 cm³/mol. The summed E-state index contributed by atoms with van der Waals surface area (Å²) in [6.45, 7) is 2.89. The summed E-state index contributed by atoms with van der Waals surface area (Å²) in [6, 6.07) is 5.12. The van der Waals surface area contributed by atoms with E-state index in [1.807, 2.05) is 6.92 Å². The molecule has 1 amide bonds. The van der Waals surface area contributed by atoms with Gasteiger partial charge in [0.15, 0.2) is 11.6 Å². The first-order chi connectivity index (χ1) is 10.2. The lowest BCUT2D eigenvalue weighted by Crippen LogP contribution is -2.51. The number of hydrogen-bond donors (Lipinski definition) is 1. The van der Waals surface area contributed by atoms with E-state index in [9.17, 15) is 9.18 Å². The molecule has 1 aliphatic carbocycles. The van der Waals surface area contributed by atoms with Crippen LogP contribution in [0.25, 0.3) is 0 Å². The van der Waals surface area contributed by atoms with Gasteiger partial charge in [-0.25, -0.2) is 4.39 Å². The van der Waals surface area contributed by atoms with Crippen LogP contribution in [0.3, 0.4) is 0 Å². The summed E-state index contributed by atoms with van der Waals surface area (Å²) in [5.41, 5.74) is 0.614. The van der Waals surface area contributed by atoms with Crippen LogP contribution in [0.5, 0.6) is 5.75 Å². The number of hydrogen-bond acceptors (Lipinski definition) is 3. The number of halogens is 1. The highest BCUT2D eigenvalue weighted by Crippen LogP contribution is 2.28. The predicted octanol–water partition coefficient (Wildman–Crippen LogP) is 2.47. The van der Waals surface area contributed by atoms with Crippen molar-refractivity contribution in [2.24, 2.45) is 0 Å². The van der Waals surface area contributed by atoms with E-state index in [-0.39, 0.29) is 17.7 Å². The second kappa shape index (κ2) is 6.02. The number of ether oxygens (including phenoxy) is 1.